The molecule has 0 saturated carbocycles. The minimum atomic E-state index is -0.354. The molecule has 3 nitrogen and oxygen atoms in total. The smallest absolute Gasteiger partial charge is 0.231 e. The van der Waals surface area contributed by atoms with Crippen LogP contribution in [0.3, 0.4) is 0 Å². The first-order chi connectivity index (χ1) is 5.04. The maximum atomic E-state index is 10.7. The van der Waals surface area contributed by atoms with Gasteiger partial charge in [0.05, 0.1) is 5.70 Å². The summed E-state index contributed by atoms with van der Waals surface area (Å²) >= 11 is 0. The molecule has 0 spiro atoms. The second-order valence-electron chi connectivity index (χ2n) is 2.83. The molecule has 0 fully saturated rings. The minimum Gasteiger partial charge on any atom is -0.503 e. The van der Waals surface area contributed by atoms with E-state index in [4.69, 9.17) is 5.11 Å². The summed E-state index contributed by atoms with van der Waals surface area (Å²) in [6.07, 6.45) is 0. The fourth-order valence-electron chi connectivity index (χ4n) is 0.895. The van der Waals surface area contributed by atoms with E-state index in [1.54, 1.807) is 0 Å². The number of aliphatic hydroxyl groups is 1. The molecule has 1 aliphatic rings. The molecular weight excluding hydrogens is 142 g/mol. The number of carbonyl (C=O) groups excluding carboxylic acids is 1. The fourth-order valence-corrected chi connectivity index (χ4v) is 0.895. The van der Waals surface area contributed by atoms with E-state index in [9.17, 15) is 4.79 Å². The zero-order valence-corrected chi connectivity index (χ0v) is 6.64. The van der Waals surface area contributed by atoms with E-state index in [1.165, 1.54) is 0 Å². The van der Waals surface area contributed by atoms with Crippen LogP contribution in [-0.4, -0.2) is 16.9 Å². The van der Waals surface area contributed by atoms with Gasteiger partial charge in [0.2, 0.25) is 5.78 Å². The van der Waals surface area contributed by atoms with Crippen LogP contribution in [0.5, 0.6) is 0 Å². The van der Waals surface area contributed by atoms with Crippen molar-refractivity contribution < 1.29 is 9.90 Å². The Morgan fingerprint density at radius 3 is 2.45 bits per heavy atom. The topological polar surface area (TPSA) is 49.3 Å². The second-order valence-corrected chi connectivity index (χ2v) is 2.83. The third-order valence-corrected chi connectivity index (χ3v) is 1.46. The summed E-state index contributed by atoms with van der Waals surface area (Å²) in [5, 5.41) is 11.9. The maximum Gasteiger partial charge on any atom is 0.231 e. The Bertz CT molecular complexity index is 251. The van der Waals surface area contributed by atoms with Crippen LogP contribution in [0.2, 0.25) is 0 Å². The molecule has 0 unspecified atom stereocenters. The molecule has 0 radical (unpaired) electrons. The van der Waals surface area contributed by atoms with E-state index in [-0.39, 0.29) is 17.6 Å². The molecule has 0 aliphatic heterocycles. The van der Waals surface area contributed by atoms with Gasteiger partial charge < -0.3 is 10.4 Å². The molecule has 11 heavy (non-hydrogen) atoms. The fraction of sp³-hybridized carbons (Fsp3) is 0.375. The van der Waals surface area contributed by atoms with Crippen molar-refractivity contribution in [2.45, 2.75) is 19.9 Å². The first-order valence-electron chi connectivity index (χ1n) is 3.47. The van der Waals surface area contributed by atoms with Crippen molar-refractivity contribution in [3.8, 4) is 0 Å². The van der Waals surface area contributed by atoms with Crippen LogP contribution in [-0.2, 0) is 4.79 Å². The Hall–Kier alpha value is -1.25. The predicted molar refractivity (Wildman–Crippen MR) is 42.1 cm³/mol. The molecule has 0 aromatic rings. The van der Waals surface area contributed by atoms with Crippen LogP contribution >= 0.6 is 0 Å². The number of hydrogen-bond donors (Lipinski definition) is 2. The van der Waals surface area contributed by atoms with E-state index < -0.39 is 0 Å². The van der Waals surface area contributed by atoms with Crippen molar-refractivity contribution in [3.05, 3.63) is 23.6 Å². The van der Waals surface area contributed by atoms with Crippen LogP contribution in [0.15, 0.2) is 23.6 Å². The van der Waals surface area contributed by atoms with Crippen molar-refractivity contribution in [2.75, 3.05) is 0 Å². The van der Waals surface area contributed by atoms with Crippen molar-refractivity contribution in [1.29, 1.82) is 0 Å². The van der Waals surface area contributed by atoms with Crippen molar-refractivity contribution in [3.63, 3.8) is 0 Å². The summed E-state index contributed by atoms with van der Waals surface area (Å²) < 4.78 is 0. The van der Waals surface area contributed by atoms with E-state index in [0.29, 0.717) is 11.3 Å². The third-order valence-electron chi connectivity index (χ3n) is 1.46. The number of carbonyl (C=O) groups is 1. The molecule has 0 aromatic heterocycles. The summed E-state index contributed by atoms with van der Waals surface area (Å²) in [5.74, 6) is -0.545. The largest absolute Gasteiger partial charge is 0.503 e. The summed E-state index contributed by atoms with van der Waals surface area (Å²) in [7, 11) is 0. The Morgan fingerprint density at radius 2 is 2.09 bits per heavy atom. The molecule has 0 atom stereocenters. The Balaban J connectivity index is 2.75. The summed E-state index contributed by atoms with van der Waals surface area (Å²) in [4.78, 5) is 10.7. The highest BCUT2D eigenvalue weighted by Crippen LogP contribution is 2.24. The average Bonchev–Trinajstić information content (AvgIpc) is 1.98. The molecule has 60 valence electrons. The lowest BCUT2D eigenvalue weighted by atomic mass is 9.95. The first-order valence-corrected chi connectivity index (χ1v) is 3.47. The van der Waals surface area contributed by atoms with Crippen LogP contribution < -0.4 is 5.32 Å². The van der Waals surface area contributed by atoms with Crippen LogP contribution in [0.4, 0.5) is 0 Å². The molecule has 3 heteroatoms. The molecule has 0 aromatic carbocycles. The van der Waals surface area contributed by atoms with Gasteiger partial charge in [-0.25, -0.2) is 0 Å². The lowest BCUT2D eigenvalue weighted by Crippen LogP contribution is -2.34. The highest BCUT2D eigenvalue weighted by molar-refractivity contribution is 6.17. The average molecular weight is 153 g/mol. The van der Waals surface area contributed by atoms with E-state index in [1.807, 2.05) is 13.8 Å². The molecular formula is C8H11NO2. The second kappa shape index (κ2) is 2.42. The zero-order chi connectivity index (χ0) is 8.59. The molecule has 1 aliphatic carbocycles. The molecule has 0 amide bonds. The predicted octanol–water partition coefficient (Wildman–Crippen LogP) is 0.893. The standard InChI is InChI=1S/C8H11NO2/c1-4(2)9-6-5(3)7(10)8(6)11/h4,9,11H,3H2,1-2H3. The van der Waals surface area contributed by atoms with Crippen molar-refractivity contribution >= 4 is 5.78 Å². The number of nitrogens with one attached hydrogen (secondary N) is 1. The number of allylic oxidation sites excluding steroid dienone is 2. The van der Waals surface area contributed by atoms with Gasteiger partial charge in [-0.05, 0) is 13.8 Å². The molecule has 0 heterocycles. The van der Waals surface area contributed by atoms with Gasteiger partial charge in [-0.1, -0.05) is 6.58 Å². The number of aliphatic hydroxyl groups excluding tert-OH is 1. The molecule has 1 rings (SSSR count). The van der Waals surface area contributed by atoms with Gasteiger partial charge in [0.25, 0.3) is 0 Å². The van der Waals surface area contributed by atoms with E-state index in [0.717, 1.165) is 0 Å². The van der Waals surface area contributed by atoms with Crippen molar-refractivity contribution in [1.82, 2.24) is 5.32 Å². The Labute approximate surface area is 65.4 Å². The SMILES string of the molecule is C=C1C(=O)C(O)=C1NC(C)C. The monoisotopic (exact) mass is 153 g/mol. The van der Waals surface area contributed by atoms with E-state index in [2.05, 4.69) is 11.9 Å². The first kappa shape index (κ1) is 7.85. The van der Waals surface area contributed by atoms with Gasteiger partial charge >= 0.3 is 0 Å². The highest BCUT2D eigenvalue weighted by atomic mass is 16.3. The Kier molecular flexibility index (Phi) is 1.72. The number of rotatable bonds is 2. The van der Waals surface area contributed by atoms with Crippen LogP contribution in [0.1, 0.15) is 13.8 Å². The summed E-state index contributed by atoms with van der Waals surface area (Å²) in [6, 6.07) is 0.206. The third kappa shape index (κ3) is 1.13. The maximum absolute atomic E-state index is 10.7. The Morgan fingerprint density at radius 1 is 1.55 bits per heavy atom. The summed E-state index contributed by atoms with van der Waals surface area (Å²) in [5.41, 5.74) is 0.862. The molecule has 0 saturated heterocycles. The van der Waals surface area contributed by atoms with Gasteiger partial charge in [0, 0.05) is 11.6 Å². The normalized spacial score (nSPS) is 17.4. The van der Waals surface area contributed by atoms with E-state index >= 15 is 0 Å². The highest BCUT2D eigenvalue weighted by Gasteiger charge is 2.31. The number of ketones is 1. The lowest BCUT2D eigenvalue weighted by molar-refractivity contribution is -0.116. The van der Waals surface area contributed by atoms with Gasteiger partial charge in [0.1, 0.15) is 0 Å². The van der Waals surface area contributed by atoms with Crippen molar-refractivity contribution in [2.24, 2.45) is 0 Å². The van der Waals surface area contributed by atoms with Gasteiger partial charge in [-0.2, -0.15) is 0 Å². The quantitative estimate of drug-likeness (QED) is 0.579. The molecule has 0 bridgehead atoms. The van der Waals surface area contributed by atoms with Gasteiger partial charge in [-0.15, -0.1) is 0 Å². The van der Waals surface area contributed by atoms with Gasteiger partial charge in [-0.3, -0.25) is 4.79 Å². The number of Topliss-reactive ketones (excluding diaryl/α,β-unsaturated/α-hetero) is 1. The number of hydrogen-bond acceptors (Lipinski definition) is 3. The van der Waals surface area contributed by atoms with Gasteiger partial charge in [0.15, 0.2) is 5.76 Å². The zero-order valence-electron chi connectivity index (χ0n) is 6.64. The minimum absolute atomic E-state index is 0.191. The molecule has 2 N–H and O–H groups in total. The van der Waals surface area contributed by atoms with Crippen LogP contribution in [0.25, 0.3) is 0 Å². The lowest BCUT2D eigenvalue weighted by Gasteiger charge is -2.23. The van der Waals surface area contributed by atoms with Crippen LogP contribution in [0, 0.1) is 0 Å². The summed E-state index contributed by atoms with van der Waals surface area (Å²) in [6.45, 7) is 7.35.